The number of thioether (sulfide) groups is 1. The molecule has 0 heterocycles. The Labute approximate surface area is 123 Å². The van der Waals surface area contributed by atoms with Crippen molar-refractivity contribution >= 4 is 23.7 Å². The van der Waals surface area contributed by atoms with E-state index >= 15 is 0 Å². The first-order valence-corrected chi connectivity index (χ1v) is 7.80. The fourth-order valence-electron chi connectivity index (χ4n) is 1.69. The first kappa shape index (κ1) is 16.4. The number of urea groups is 1. The Morgan fingerprint density at radius 3 is 2.50 bits per heavy atom. The van der Waals surface area contributed by atoms with Crippen molar-refractivity contribution < 1.29 is 9.59 Å². The van der Waals surface area contributed by atoms with E-state index in [-0.39, 0.29) is 5.91 Å². The van der Waals surface area contributed by atoms with Gasteiger partial charge < -0.3 is 16.4 Å². The molecule has 20 heavy (non-hydrogen) atoms. The van der Waals surface area contributed by atoms with Gasteiger partial charge in [-0.25, -0.2) is 4.79 Å². The molecule has 0 radical (unpaired) electrons. The van der Waals surface area contributed by atoms with E-state index in [9.17, 15) is 9.59 Å². The van der Waals surface area contributed by atoms with Crippen molar-refractivity contribution in [3.63, 3.8) is 0 Å². The summed E-state index contributed by atoms with van der Waals surface area (Å²) in [6.45, 7) is 2.45. The summed E-state index contributed by atoms with van der Waals surface area (Å²) in [5.41, 5.74) is 7.28. The molecule has 0 aliphatic rings. The molecule has 1 atom stereocenters. The van der Waals surface area contributed by atoms with Crippen molar-refractivity contribution in [3.05, 3.63) is 35.4 Å². The average Bonchev–Trinajstić information content (AvgIpc) is 2.42. The molecular weight excluding hydrogens is 274 g/mol. The second kappa shape index (κ2) is 8.47. The molecular formula is C14H21N3O2S. The number of primary amides is 1. The van der Waals surface area contributed by atoms with Crippen molar-refractivity contribution in [1.82, 2.24) is 10.6 Å². The maximum atomic E-state index is 12.0. The van der Waals surface area contributed by atoms with Gasteiger partial charge in [-0.3, -0.25) is 4.79 Å². The highest BCUT2D eigenvalue weighted by molar-refractivity contribution is 7.98. The first-order chi connectivity index (χ1) is 9.52. The van der Waals surface area contributed by atoms with Crippen LogP contribution in [0.4, 0.5) is 4.79 Å². The van der Waals surface area contributed by atoms with Crippen LogP contribution in [0.25, 0.3) is 0 Å². The van der Waals surface area contributed by atoms with Crippen LogP contribution < -0.4 is 16.4 Å². The standard InChI is InChI=1S/C14H21N3O2S/c1-10-3-5-11(6-4-10)9-16-13(18)12(7-8-20-2)17-14(15)19/h3-6,12H,7-9H2,1-2H3,(H,16,18)(H3,15,17,19)/t12-/m0/s1. The molecule has 0 aromatic heterocycles. The van der Waals surface area contributed by atoms with Gasteiger partial charge in [-0.1, -0.05) is 29.8 Å². The van der Waals surface area contributed by atoms with Gasteiger partial charge in [0.25, 0.3) is 0 Å². The van der Waals surface area contributed by atoms with Crippen LogP contribution >= 0.6 is 11.8 Å². The molecule has 0 aliphatic carbocycles. The second-order valence-corrected chi connectivity index (χ2v) is 5.53. The topological polar surface area (TPSA) is 84.2 Å². The van der Waals surface area contributed by atoms with Crippen LogP contribution in [0, 0.1) is 6.92 Å². The lowest BCUT2D eigenvalue weighted by Gasteiger charge is -2.16. The minimum Gasteiger partial charge on any atom is -0.352 e. The largest absolute Gasteiger partial charge is 0.352 e. The molecule has 0 saturated carbocycles. The van der Waals surface area contributed by atoms with Gasteiger partial charge in [0.15, 0.2) is 0 Å². The van der Waals surface area contributed by atoms with Crippen LogP contribution in [0.15, 0.2) is 24.3 Å². The minimum atomic E-state index is -0.679. The van der Waals surface area contributed by atoms with Gasteiger partial charge in [0.05, 0.1) is 0 Å². The molecule has 4 N–H and O–H groups in total. The molecule has 5 nitrogen and oxygen atoms in total. The predicted molar refractivity (Wildman–Crippen MR) is 82.5 cm³/mol. The third kappa shape index (κ3) is 5.97. The van der Waals surface area contributed by atoms with E-state index in [1.807, 2.05) is 37.4 Å². The van der Waals surface area contributed by atoms with E-state index < -0.39 is 12.1 Å². The Hall–Kier alpha value is -1.69. The summed E-state index contributed by atoms with van der Waals surface area (Å²) in [6, 6.07) is 6.66. The number of nitrogens with two attached hydrogens (primary N) is 1. The zero-order valence-electron chi connectivity index (χ0n) is 11.8. The van der Waals surface area contributed by atoms with Crippen LogP contribution in [0.3, 0.4) is 0 Å². The Balaban J connectivity index is 2.51. The van der Waals surface area contributed by atoms with Crippen molar-refractivity contribution in [2.75, 3.05) is 12.0 Å². The van der Waals surface area contributed by atoms with Crippen LogP contribution in [0.1, 0.15) is 17.5 Å². The molecule has 0 bridgehead atoms. The highest BCUT2D eigenvalue weighted by Crippen LogP contribution is 2.04. The Kier molecular flexibility index (Phi) is 6.93. The van der Waals surface area contributed by atoms with Gasteiger partial charge in [0.2, 0.25) is 5.91 Å². The number of benzene rings is 1. The highest BCUT2D eigenvalue weighted by atomic mass is 32.2. The lowest BCUT2D eigenvalue weighted by Crippen LogP contribution is -2.48. The predicted octanol–water partition coefficient (Wildman–Crippen LogP) is 1.40. The lowest BCUT2D eigenvalue weighted by molar-refractivity contribution is -0.123. The second-order valence-electron chi connectivity index (χ2n) is 4.55. The number of aryl methyl sites for hydroxylation is 1. The van der Waals surface area contributed by atoms with E-state index in [2.05, 4.69) is 10.6 Å². The molecule has 0 unspecified atom stereocenters. The summed E-state index contributed by atoms with van der Waals surface area (Å²) in [5, 5.41) is 5.29. The molecule has 6 heteroatoms. The summed E-state index contributed by atoms with van der Waals surface area (Å²) in [5.74, 6) is 0.571. The number of carbonyl (C=O) groups excluding carboxylic acids is 2. The third-order valence-electron chi connectivity index (χ3n) is 2.83. The SMILES string of the molecule is CSCC[C@H](NC(N)=O)C(=O)NCc1ccc(C)cc1. The monoisotopic (exact) mass is 295 g/mol. The summed E-state index contributed by atoms with van der Waals surface area (Å²) >= 11 is 1.62. The van der Waals surface area contributed by atoms with Crippen molar-refractivity contribution in [3.8, 4) is 0 Å². The summed E-state index contributed by atoms with van der Waals surface area (Å²) in [7, 11) is 0. The number of amides is 3. The number of hydrogen-bond acceptors (Lipinski definition) is 3. The van der Waals surface area contributed by atoms with Crippen LogP contribution in [0.5, 0.6) is 0 Å². The maximum absolute atomic E-state index is 12.0. The van der Waals surface area contributed by atoms with Gasteiger partial charge in [0, 0.05) is 6.54 Å². The van der Waals surface area contributed by atoms with E-state index in [0.29, 0.717) is 13.0 Å². The molecule has 0 saturated heterocycles. The minimum absolute atomic E-state index is 0.210. The summed E-state index contributed by atoms with van der Waals surface area (Å²) in [4.78, 5) is 22.9. The molecule has 3 amide bonds. The van der Waals surface area contributed by atoms with Crippen molar-refractivity contribution in [2.24, 2.45) is 5.73 Å². The number of rotatable bonds is 7. The van der Waals surface area contributed by atoms with Gasteiger partial charge >= 0.3 is 6.03 Å². The smallest absolute Gasteiger partial charge is 0.312 e. The molecule has 0 aliphatic heterocycles. The van der Waals surface area contributed by atoms with Gasteiger partial charge in [-0.15, -0.1) is 0 Å². The average molecular weight is 295 g/mol. The van der Waals surface area contributed by atoms with E-state index in [1.54, 1.807) is 11.8 Å². The molecule has 1 rings (SSSR count). The van der Waals surface area contributed by atoms with Gasteiger partial charge in [0.1, 0.15) is 6.04 Å². The number of carbonyl (C=O) groups is 2. The van der Waals surface area contributed by atoms with Gasteiger partial charge in [-0.05, 0) is 30.9 Å². The number of hydrogen-bond donors (Lipinski definition) is 3. The Morgan fingerprint density at radius 1 is 1.30 bits per heavy atom. The molecule has 0 fully saturated rings. The van der Waals surface area contributed by atoms with E-state index in [4.69, 9.17) is 5.73 Å². The maximum Gasteiger partial charge on any atom is 0.312 e. The quantitative estimate of drug-likeness (QED) is 0.711. The third-order valence-corrected chi connectivity index (χ3v) is 3.47. The molecule has 110 valence electrons. The zero-order valence-corrected chi connectivity index (χ0v) is 12.6. The Morgan fingerprint density at radius 2 is 1.95 bits per heavy atom. The summed E-state index contributed by atoms with van der Waals surface area (Å²) in [6.07, 6.45) is 2.51. The zero-order chi connectivity index (χ0) is 15.0. The van der Waals surface area contributed by atoms with Crippen molar-refractivity contribution in [2.45, 2.75) is 25.9 Å². The van der Waals surface area contributed by atoms with Crippen LogP contribution in [0.2, 0.25) is 0 Å². The molecule has 0 spiro atoms. The highest BCUT2D eigenvalue weighted by Gasteiger charge is 2.18. The normalized spacial score (nSPS) is 11.7. The first-order valence-electron chi connectivity index (χ1n) is 6.41. The fourth-order valence-corrected chi connectivity index (χ4v) is 2.17. The molecule has 1 aromatic carbocycles. The lowest BCUT2D eigenvalue weighted by atomic mass is 10.1. The molecule has 1 aromatic rings. The number of nitrogens with one attached hydrogen (secondary N) is 2. The van der Waals surface area contributed by atoms with Crippen molar-refractivity contribution in [1.29, 1.82) is 0 Å². The van der Waals surface area contributed by atoms with Crippen LogP contribution in [-0.4, -0.2) is 30.0 Å². The summed E-state index contributed by atoms with van der Waals surface area (Å²) < 4.78 is 0. The fraction of sp³-hybridized carbons (Fsp3) is 0.429. The van der Waals surface area contributed by atoms with E-state index in [1.165, 1.54) is 5.56 Å². The Bertz CT molecular complexity index is 448. The van der Waals surface area contributed by atoms with E-state index in [0.717, 1.165) is 11.3 Å². The van der Waals surface area contributed by atoms with Gasteiger partial charge in [-0.2, -0.15) is 11.8 Å². The van der Waals surface area contributed by atoms with Crippen LogP contribution in [-0.2, 0) is 11.3 Å².